The highest BCUT2D eigenvalue weighted by molar-refractivity contribution is 6.05. The molecule has 6 heteroatoms. The average molecular weight is 411 g/mol. The minimum absolute atomic E-state index is 0.0142. The molecule has 2 aliphatic carbocycles. The molecule has 2 heterocycles. The Labute approximate surface area is 177 Å². The van der Waals surface area contributed by atoms with Gasteiger partial charge in [-0.2, -0.15) is 0 Å². The number of rotatable bonds is 4. The van der Waals surface area contributed by atoms with Crippen LogP contribution in [0.15, 0.2) is 42.0 Å². The maximum atomic E-state index is 13.1. The van der Waals surface area contributed by atoms with Crippen molar-refractivity contribution in [3.05, 3.63) is 47.5 Å². The lowest BCUT2D eigenvalue weighted by Crippen LogP contribution is -2.65. The van der Waals surface area contributed by atoms with Crippen LogP contribution in [0.4, 0.5) is 4.79 Å². The van der Waals surface area contributed by atoms with E-state index in [-0.39, 0.29) is 12.4 Å². The van der Waals surface area contributed by atoms with Crippen LogP contribution in [0.25, 0.3) is 0 Å². The summed E-state index contributed by atoms with van der Waals surface area (Å²) in [5.74, 6) is -0.721. The average Bonchev–Trinajstić information content (AvgIpc) is 3.51. The number of carbonyl (C=O) groups excluding carboxylic acids is 3. The molecule has 0 spiro atoms. The molecule has 5 rings (SSSR count). The van der Waals surface area contributed by atoms with E-state index in [1.807, 2.05) is 36.4 Å². The Kier molecular flexibility index (Phi) is 5.43. The number of esters is 1. The van der Waals surface area contributed by atoms with Crippen LogP contribution in [0.1, 0.15) is 52.0 Å². The smallest absolute Gasteiger partial charge is 0.411 e. The number of hydrogen-bond acceptors (Lipinski definition) is 5. The minimum Gasteiger partial charge on any atom is -0.459 e. The molecule has 1 aromatic carbocycles. The van der Waals surface area contributed by atoms with E-state index in [9.17, 15) is 14.4 Å². The number of Topliss-reactive ketones (excluding diaryl/α,β-unsaturated/α-hetero) is 1. The first kappa shape index (κ1) is 20.6. The standard InChI is InChI=1S/C24H29NO5/c1-24(2,3)30-23(28)25-19-12-11-17(21(26)18(19)13-15-9-10-15)20(25)22(27)29-14-16-7-5-4-6-8-16/h4-8,13,15,17,19-20H,9-12,14H2,1-3H3/b18-13+/t17-,19-,20-/m0/s1. The molecule has 2 bridgehead atoms. The molecule has 2 aliphatic heterocycles. The zero-order chi connectivity index (χ0) is 21.5. The van der Waals surface area contributed by atoms with Gasteiger partial charge >= 0.3 is 12.1 Å². The van der Waals surface area contributed by atoms with Crippen molar-refractivity contribution in [1.82, 2.24) is 4.90 Å². The summed E-state index contributed by atoms with van der Waals surface area (Å²) in [6.07, 6.45) is 4.84. The molecule has 4 aliphatic rings. The first-order valence-corrected chi connectivity index (χ1v) is 10.7. The number of hydrogen-bond donors (Lipinski definition) is 0. The van der Waals surface area contributed by atoms with E-state index in [0.29, 0.717) is 24.3 Å². The van der Waals surface area contributed by atoms with Crippen LogP contribution in [-0.4, -0.2) is 40.4 Å². The highest BCUT2D eigenvalue weighted by Crippen LogP contribution is 2.44. The summed E-state index contributed by atoms with van der Waals surface area (Å²) < 4.78 is 11.2. The first-order valence-electron chi connectivity index (χ1n) is 10.7. The van der Waals surface area contributed by atoms with Gasteiger partial charge in [0.2, 0.25) is 0 Å². The van der Waals surface area contributed by atoms with Gasteiger partial charge in [0.25, 0.3) is 0 Å². The summed E-state index contributed by atoms with van der Waals surface area (Å²) in [5.41, 5.74) is 0.833. The lowest BCUT2D eigenvalue weighted by molar-refractivity contribution is -0.161. The minimum atomic E-state index is -0.939. The number of carbonyl (C=O) groups is 3. The first-order chi connectivity index (χ1) is 14.2. The largest absolute Gasteiger partial charge is 0.459 e. The SMILES string of the molecule is CC(C)(C)OC(=O)N1[C@H](C(=O)OCc2ccccc2)[C@@H]2CC[C@H]1/C(=C\C1CC1)C2=O. The monoisotopic (exact) mass is 411 g/mol. The number of ketones is 1. The number of benzene rings is 1. The lowest BCUT2D eigenvalue weighted by atomic mass is 9.70. The van der Waals surface area contributed by atoms with Crippen LogP contribution in [0.2, 0.25) is 0 Å². The fourth-order valence-corrected chi connectivity index (χ4v) is 4.34. The fourth-order valence-electron chi connectivity index (χ4n) is 4.34. The summed E-state index contributed by atoms with van der Waals surface area (Å²) in [7, 11) is 0. The maximum Gasteiger partial charge on any atom is 0.411 e. The second-order valence-corrected chi connectivity index (χ2v) is 9.45. The summed E-state index contributed by atoms with van der Waals surface area (Å²) in [5, 5.41) is 0. The Hall–Kier alpha value is -2.63. The maximum absolute atomic E-state index is 13.1. The molecule has 0 N–H and O–H groups in total. The van der Waals surface area contributed by atoms with Crippen molar-refractivity contribution in [2.75, 3.05) is 0 Å². The molecule has 2 saturated heterocycles. The molecule has 6 nitrogen and oxygen atoms in total. The van der Waals surface area contributed by atoms with Crippen molar-refractivity contribution >= 4 is 17.8 Å². The zero-order valence-corrected chi connectivity index (χ0v) is 17.8. The molecule has 0 aromatic heterocycles. The van der Waals surface area contributed by atoms with Gasteiger partial charge < -0.3 is 9.47 Å². The van der Waals surface area contributed by atoms with E-state index >= 15 is 0 Å². The van der Waals surface area contributed by atoms with Crippen LogP contribution in [0, 0.1) is 11.8 Å². The van der Waals surface area contributed by atoms with Gasteiger partial charge in [0.1, 0.15) is 18.2 Å². The van der Waals surface area contributed by atoms with E-state index in [1.54, 1.807) is 20.8 Å². The van der Waals surface area contributed by atoms with E-state index in [1.165, 1.54) is 4.90 Å². The van der Waals surface area contributed by atoms with Gasteiger partial charge in [0, 0.05) is 5.57 Å². The number of fused-ring (bicyclic) bond motifs is 3. The summed E-state index contributed by atoms with van der Waals surface area (Å²) in [4.78, 5) is 40.8. The van der Waals surface area contributed by atoms with Gasteiger partial charge in [-0.15, -0.1) is 0 Å². The quantitative estimate of drug-likeness (QED) is 0.552. The van der Waals surface area contributed by atoms with E-state index in [0.717, 1.165) is 18.4 Å². The molecule has 30 heavy (non-hydrogen) atoms. The van der Waals surface area contributed by atoms with Gasteiger partial charge in [0.05, 0.1) is 12.0 Å². The number of piperidine rings is 2. The molecule has 0 unspecified atom stereocenters. The van der Waals surface area contributed by atoms with Crippen LogP contribution in [-0.2, 0) is 25.7 Å². The number of nitrogens with zero attached hydrogens (tertiary/aromatic N) is 1. The third kappa shape index (κ3) is 4.27. The third-order valence-electron chi connectivity index (χ3n) is 5.85. The predicted molar refractivity (Wildman–Crippen MR) is 110 cm³/mol. The van der Waals surface area contributed by atoms with Crippen molar-refractivity contribution in [2.45, 2.75) is 70.7 Å². The van der Waals surface area contributed by atoms with Crippen molar-refractivity contribution in [1.29, 1.82) is 0 Å². The molecular formula is C24H29NO5. The van der Waals surface area contributed by atoms with Crippen LogP contribution in [0.3, 0.4) is 0 Å². The van der Waals surface area contributed by atoms with Gasteiger partial charge in [-0.25, -0.2) is 9.59 Å². The molecule has 1 amide bonds. The normalized spacial score (nSPS) is 27.3. The van der Waals surface area contributed by atoms with Gasteiger partial charge in [0.15, 0.2) is 5.78 Å². The van der Waals surface area contributed by atoms with Crippen molar-refractivity contribution in [3.8, 4) is 0 Å². The van der Waals surface area contributed by atoms with Crippen LogP contribution >= 0.6 is 0 Å². The number of ether oxygens (including phenoxy) is 2. The Balaban J connectivity index is 1.60. The van der Waals surface area contributed by atoms with E-state index in [4.69, 9.17) is 9.47 Å². The molecule has 3 atom stereocenters. The summed E-state index contributed by atoms with van der Waals surface area (Å²) >= 11 is 0. The van der Waals surface area contributed by atoms with Crippen molar-refractivity contribution in [2.24, 2.45) is 11.8 Å². The summed E-state index contributed by atoms with van der Waals surface area (Å²) in [6.45, 7) is 5.49. The fraction of sp³-hybridized carbons (Fsp3) is 0.542. The van der Waals surface area contributed by atoms with Gasteiger partial charge in [-0.05, 0) is 57.9 Å². The Morgan fingerprint density at radius 2 is 1.80 bits per heavy atom. The topological polar surface area (TPSA) is 72.9 Å². The second kappa shape index (κ2) is 7.89. The molecule has 1 aromatic rings. The Morgan fingerprint density at radius 1 is 1.10 bits per heavy atom. The highest BCUT2D eigenvalue weighted by Gasteiger charge is 2.56. The van der Waals surface area contributed by atoms with Crippen molar-refractivity contribution < 1.29 is 23.9 Å². The predicted octanol–water partition coefficient (Wildman–Crippen LogP) is 4.03. The summed E-state index contributed by atoms with van der Waals surface area (Å²) in [6, 6.07) is 8.01. The Bertz CT molecular complexity index is 865. The van der Waals surface area contributed by atoms with Gasteiger partial charge in [-0.1, -0.05) is 36.4 Å². The molecule has 160 valence electrons. The second-order valence-electron chi connectivity index (χ2n) is 9.45. The number of allylic oxidation sites excluding steroid dienone is 1. The highest BCUT2D eigenvalue weighted by atomic mass is 16.6. The zero-order valence-electron chi connectivity index (χ0n) is 17.8. The van der Waals surface area contributed by atoms with Crippen molar-refractivity contribution in [3.63, 3.8) is 0 Å². The van der Waals surface area contributed by atoms with E-state index < -0.39 is 35.7 Å². The third-order valence-corrected chi connectivity index (χ3v) is 5.85. The molecule has 4 fully saturated rings. The molecule has 2 saturated carbocycles. The van der Waals surface area contributed by atoms with Crippen LogP contribution in [0.5, 0.6) is 0 Å². The number of amides is 1. The molecular weight excluding hydrogens is 382 g/mol. The Morgan fingerprint density at radius 3 is 2.43 bits per heavy atom. The van der Waals surface area contributed by atoms with Gasteiger partial charge in [-0.3, -0.25) is 9.69 Å². The van der Waals surface area contributed by atoms with E-state index in [2.05, 4.69) is 0 Å². The van der Waals surface area contributed by atoms with Crippen LogP contribution < -0.4 is 0 Å². The lowest BCUT2D eigenvalue weighted by Gasteiger charge is -2.49. The molecule has 0 radical (unpaired) electrons.